The van der Waals surface area contributed by atoms with Crippen molar-refractivity contribution in [2.45, 2.75) is 6.92 Å². The normalized spacial score (nSPS) is 10.0. The van der Waals surface area contributed by atoms with Gasteiger partial charge in [0.1, 0.15) is 5.69 Å². The van der Waals surface area contributed by atoms with Crippen molar-refractivity contribution in [1.82, 2.24) is 9.97 Å². The SMILES string of the molecule is CCNc1ccc(C(=O)N(C)c2cccnc2)nc1. The average molecular weight is 256 g/mol. The number of nitrogens with zero attached hydrogens (tertiary/aromatic N) is 3. The van der Waals surface area contributed by atoms with E-state index in [9.17, 15) is 4.79 Å². The summed E-state index contributed by atoms with van der Waals surface area (Å²) < 4.78 is 0. The Hall–Kier alpha value is -2.43. The van der Waals surface area contributed by atoms with Crippen LogP contribution in [-0.2, 0) is 0 Å². The minimum absolute atomic E-state index is 0.156. The van der Waals surface area contributed by atoms with Crippen LogP contribution in [0.1, 0.15) is 17.4 Å². The number of hydrogen-bond acceptors (Lipinski definition) is 4. The lowest BCUT2D eigenvalue weighted by molar-refractivity contribution is 0.0988. The maximum atomic E-state index is 12.2. The molecule has 0 spiro atoms. The molecule has 0 bridgehead atoms. The summed E-state index contributed by atoms with van der Waals surface area (Å²) in [6.45, 7) is 2.83. The third-order valence-electron chi connectivity index (χ3n) is 2.70. The van der Waals surface area contributed by atoms with Crippen molar-refractivity contribution in [3.8, 4) is 0 Å². The Labute approximate surface area is 112 Å². The molecule has 1 N–H and O–H groups in total. The van der Waals surface area contributed by atoms with Gasteiger partial charge in [-0.1, -0.05) is 0 Å². The molecule has 2 aromatic heterocycles. The second kappa shape index (κ2) is 5.95. The van der Waals surface area contributed by atoms with Gasteiger partial charge in [0.25, 0.3) is 5.91 Å². The number of hydrogen-bond donors (Lipinski definition) is 1. The van der Waals surface area contributed by atoms with Crippen molar-refractivity contribution in [3.05, 3.63) is 48.5 Å². The first kappa shape index (κ1) is 13.0. The number of amides is 1. The van der Waals surface area contributed by atoms with Crippen molar-refractivity contribution in [1.29, 1.82) is 0 Å². The number of nitrogens with one attached hydrogen (secondary N) is 1. The van der Waals surface area contributed by atoms with Gasteiger partial charge in [0.15, 0.2) is 0 Å². The molecule has 0 aliphatic heterocycles. The van der Waals surface area contributed by atoms with Gasteiger partial charge in [-0.25, -0.2) is 4.98 Å². The first-order chi connectivity index (χ1) is 9.22. The van der Waals surface area contributed by atoms with Gasteiger partial charge in [0, 0.05) is 19.8 Å². The third-order valence-corrected chi connectivity index (χ3v) is 2.70. The highest BCUT2D eigenvalue weighted by molar-refractivity contribution is 6.04. The molecule has 19 heavy (non-hydrogen) atoms. The predicted octanol–water partition coefficient (Wildman–Crippen LogP) is 2.18. The summed E-state index contributed by atoms with van der Waals surface area (Å²) >= 11 is 0. The van der Waals surface area contributed by atoms with Crippen molar-refractivity contribution in [3.63, 3.8) is 0 Å². The second-order valence-corrected chi connectivity index (χ2v) is 4.04. The van der Waals surface area contributed by atoms with Crippen LogP contribution in [0.3, 0.4) is 0 Å². The Morgan fingerprint density at radius 3 is 2.74 bits per heavy atom. The molecule has 5 nitrogen and oxygen atoms in total. The zero-order chi connectivity index (χ0) is 13.7. The maximum Gasteiger partial charge on any atom is 0.276 e. The second-order valence-electron chi connectivity index (χ2n) is 4.04. The van der Waals surface area contributed by atoms with E-state index in [0.717, 1.165) is 17.9 Å². The Bertz CT molecular complexity index is 539. The summed E-state index contributed by atoms with van der Waals surface area (Å²) in [5, 5.41) is 3.14. The fraction of sp³-hybridized carbons (Fsp3) is 0.214. The number of carbonyl (C=O) groups excluding carboxylic acids is 1. The van der Waals surface area contributed by atoms with E-state index in [1.54, 1.807) is 37.8 Å². The summed E-state index contributed by atoms with van der Waals surface area (Å²) in [7, 11) is 1.71. The van der Waals surface area contributed by atoms with E-state index < -0.39 is 0 Å². The highest BCUT2D eigenvalue weighted by atomic mass is 16.2. The monoisotopic (exact) mass is 256 g/mol. The number of anilines is 2. The molecule has 0 saturated heterocycles. The van der Waals surface area contributed by atoms with E-state index in [-0.39, 0.29) is 5.91 Å². The van der Waals surface area contributed by atoms with E-state index in [2.05, 4.69) is 15.3 Å². The fourth-order valence-electron chi connectivity index (χ4n) is 1.67. The standard InChI is InChI=1S/C14H16N4O/c1-3-16-11-6-7-13(17-9-11)14(19)18(2)12-5-4-8-15-10-12/h4-10,16H,3H2,1-2H3. The molecule has 0 aliphatic carbocycles. The lowest BCUT2D eigenvalue weighted by Crippen LogP contribution is -2.27. The molecule has 5 heteroatoms. The average Bonchev–Trinajstić information content (AvgIpc) is 2.48. The van der Waals surface area contributed by atoms with E-state index in [0.29, 0.717) is 5.69 Å². The first-order valence-electron chi connectivity index (χ1n) is 6.10. The number of pyridine rings is 2. The molecule has 0 radical (unpaired) electrons. The minimum atomic E-state index is -0.156. The van der Waals surface area contributed by atoms with Gasteiger partial charge >= 0.3 is 0 Å². The molecular formula is C14H16N4O. The smallest absolute Gasteiger partial charge is 0.276 e. The molecule has 2 rings (SSSR count). The lowest BCUT2D eigenvalue weighted by atomic mass is 10.3. The molecule has 0 fully saturated rings. The van der Waals surface area contributed by atoms with Gasteiger partial charge in [0.05, 0.1) is 23.8 Å². The maximum absolute atomic E-state index is 12.2. The van der Waals surface area contributed by atoms with Crippen molar-refractivity contribution < 1.29 is 4.79 Å². The van der Waals surface area contributed by atoms with E-state index >= 15 is 0 Å². The Balaban J connectivity index is 2.15. The summed E-state index contributed by atoms with van der Waals surface area (Å²) in [5.41, 5.74) is 2.06. The number of carbonyl (C=O) groups is 1. The molecule has 2 aromatic rings. The van der Waals surface area contributed by atoms with Gasteiger partial charge in [-0.3, -0.25) is 9.78 Å². The molecule has 0 atom stereocenters. The molecule has 0 aromatic carbocycles. The van der Waals surface area contributed by atoms with Crippen LogP contribution in [0, 0.1) is 0 Å². The van der Waals surface area contributed by atoms with Crippen molar-refractivity contribution in [2.75, 3.05) is 23.8 Å². The highest BCUT2D eigenvalue weighted by Gasteiger charge is 2.14. The van der Waals surface area contributed by atoms with Gasteiger partial charge in [-0.15, -0.1) is 0 Å². The summed E-state index contributed by atoms with van der Waals surface area (Å²) in [6, 6.07) is 7.19. The molecule has 0 aliphatic rings. The topological polar surface area (TPSA) is 58.1 Å². The highest BCUT2D eigenvalue weighted by Crippen LogP contribution is 2.13. The van der Waals surface area contributed by atoms with Crippen LogP contribution in [-0.4, -0.2) is 29.5 Å². The van der Waals surface area contributed by atoms with Crippen LogP contribution in [0.15, 0.2) is 42.9 Å². The summed E-state index contributed by atoms with van der Waals surface area (Å²) in [5.74, 6) is -0.156. The van der Waals surface area contributed by atoms with E-state index in [1.807, 2.05) is 19.1 Å². The van der Waals surface area contributed by atoms with Gasteiger partial charge in [0.2, 0.25) is 0 Å². The third kappa shape index (κ3) is 3.07. The molecular weight excluding hydrogens is 240 g/mol. The Morgan fingerprint density at radius 1 is 1.32 bits per heavy atom. The van der Waals surface area contributed by atoms with Gasteiger partial charge < -0.3 is 10.2 Å². The lowest BCUT2D eigenvalue weighted by Gasteiger charge is -2.16. The van der Waals surface area contributed by atoms with Crippen LogP contribution in [0.4, 0.5) is 11.4 Å². The Kier molecular flexibility index (Phi) is 4.07. The minimum Gasteiger partial charge on any atom is -0.384 e. The fourth-order valence-corrected chi connectivity index (χ4v) is 1.67. The molecule has 0 saturated carbocycles. The van der Waals surface area contributed by atoms with Crippen molar-refractivity contribution >= 4 is 17.3 Å². The molecule has 2 heterocycles. The van der Waals surface area contributed by atoms with E-state index in [4.69, 9.17) is 0 Å². The van der Waals surface area contributed by atoms with Gasteiger partial charge in [-0.05, 0) is 31.2 Å². The van der Waals surface area contributed by atoms with Crippen LogP contribution in [0.25, 0.3) is 0 Å². The number of rotatable bonds is 4. The Morgan fingerprint density at radius 2 is 2.16 bits per heavy atom. The zero-order valence-corrected chi connectivity index (χ0v) is 11.0. The van der Waals surface area contributed by atoms with Crippen LogP contribution >= 0.6 is 0 Å². The summed E-state index contributed by atoms with van der Waals surface area (Å²) in [6.07, 6.45) is 4.98. The summed E-state index contributed by atoms with van der Waals surface area (Å²) in [4.78, 5) is 21.9. The van der Waals surface area contributed by atoms with Gasteiger partial charge in [-0.2, -0.15) is 0 Å². The largest absolute Gasteiger partial charge is 0.384 e. The van der Waals surface area contributed by atoms with E-state index in [1.165, 1.54) is 4.90 Å². The molecule has 98 valence electrons. The van der Waals surface area contributed by atoms with Crippen LogP contribution in [0.5, 0.6) is 0 Å². The zero-order valence-electron chi connectivity index (χ0n) is 11.0. The first-order valence-corrected chi connectivity index (χ1v) is 6.10. The number of aromatic nitrogens is 2. The quantitative estimate of drug-likeness (QED) is 0.911. The molecule has 1 amide bonds. The van der Waals surface area contributed by atoms with Crippen molar-refractivity contribution in [2.24, 2.45) is 0 Å². The van der Waals surface area contributed by atoms with Crippen LogP contribution < -0.4 is 10.2 Å². The predicted molar refractivity (Wildman–Crippen MR) is 75.4 cm³/mol. The van der Waals surface area contributed by atoms with Crippen LogP contribution in [0.2, 0.25) is 0 Å². The molecule has 0 unspecified atom stereocenters.